The summed E-state index contributed by atoms with van der Waals surface area (Å²) in [5.41, 5.74) is 0. The fourth-order valence-electron chi connectivity index (χ4n) is 1.89. The maximum Gasteiger partial charge on any atom is 0.287 e. The summed E-state index contributed by atoms with van der Waals surface area (Å²) in [5, 5.41) is 3.20. The molecular weight excluding hydrogens is 293 g/mol. The molecule has 0 saturated heterocycles. The fraction of sp³-hybridized carbons (Fsp3) is 0.545. The molecule has 1 aliphatic rings. The van der Waals surface area contributed by atoms with Gasteiger partial charge < -0.3 is 9.73 Å². The molecule has 1 fully saturated rings. The Kier molecular flexibility index (Phi) is 3.92. The van der Waals surface area contributed by atoms with Gasteiger partial charge in [0, 0.05) is 10.9 Å². The zero-order chi connectivity index (χ0) is 11.5. The normalized spacial score (nSPS) is 25.4. The number of carbonyl (C=O) groups excluding carboxylic acids is 1. The molecule has 1 heterocycles. The number of nitrogens with one attached hydrogen (secondary N) is 1. The molecule has 0 aliphatic heterocycles. The molecule has 1 amide bonds. The lowest BCUT2D eigenvalue weighted by atomic mass is 9.95. The number of alkyl halides is 1. The van der Waals surface area contributed by atoms with Crippen molar-refractivity contribution in [2.45, 2.75) is 36.6 Å². The monoisotopic (exact) mass is 305 g/mol. The van der Waals surface area contributed by atoms with Gasteiger partial charge in [-0.1, -0.05) is 15.9 Å². The highest BCUT2D eigenvalue weighted by molar-refractivity contribution is 9.09. The summed E-state index contributed by atoms with van der Waals surface area (Å²) < 4.78 is 5.05. The van der Waals surface area contributed by atoms with Gasteiger partial charge in [-0.05, 0) is 49.4 Å². The van der Waals surface area contributed by atoms with E-state index in [2.05, 4.69) is 21.2 Å². The zero-order valence-corrected chi connectivity index (χ0v) is 11.1. The number of halogens is 2. The minimum Gasteiger partial charge on any atom is -0.440 e. The first kappa shape index (κ1) is 12.0. The minimum absolute atomic E-state index is 0.176. The number of amides is 1. The van der Waals surface area contributed by atoms with Crippen molar-refractivity contribution in [2.75, 3.05) is 0 Å². The van der Waals surface area contributed by atoms with Crippen LogP contribution in [0.25, 0.3) is 0 Å². The molecule has 16 heavy (non-hydrogen) atoms. The van der Waals surface area contributed by atoms with Crippen LogP contribution in [0.15, 0.2) is 16.5 Å². The van der Waals surface area contributed by atoms with Crippen LogP contribution in [0.4, 0.5) is 0 Å². The summed E-state index contributed by atoms with van der Waals surface area (Å²) in [5.74, 6) is 0.107. The van der Waals surface area contributed by atoms with Gasteiger partial charge in [-0.25, -0.2) is 0 Å². The number of carbonyl (C=O) groups is 1. The first-order chi connectivity index (χ1) is 7.65. The van der Waals surface area contributed by atoms with Crippen LogP contribution in [-0.4, -0.2) is 16.8 Å². The number of rotatable bonds is 2. The molecule has 1 aromatic rings. The van der Waals surface area contributed by atoms with E-state index in [1.165, 1.54) is 0 Å². The van der Waals surface area contributed by atoms with E-state index in [1.807, 2.05) is 0 Å². The predicted octanol–water partition coefficient (Wildman–Crippen LogP) is 3.37. The van der Waals surface area contributed by atoms with Gasteiger partial charge in [-0.15, -0.1) is 0 Å². The molecule has 0 atom stereocenters. The van der Waals surface area contributed by atoms with Gasteiger partial charge in [-0.2, -0.15) is 0 Å². The van der Waals surface area contributed by atoms with Crippen molar-refractivity contribution in [1.82, 2.24) is 5.32 Å². The summed E-state index contributed by atoms with van der Waals surface area (Å²) in [7, 11) is 0. The van der Waals surface area contributed by atoms with Crippen LogP contribution in [-0.2, 0) is 0 Å². The number of hydrogen-bond acceptors (Lipinski definition) is 2. The Bertz CT molecular complexity index is 372. The predicted molar refractivity (Wildman–Crippen MR) is 66.2 cm³/mol. The molecule has 1 aliphatic carbocycles. The summed E-state index contributed by atoms with van der Waals surface area (Å²) >= 11 is 9.20. The van der Waals surface area contributed by atoms with Gasteiger partial charge >= 0.3 is 0 Å². The summed E-state index contributed by atoms with van der Waals surface area (Å²) in [6, 6.07) is 3.42. The fourth-order valence-corrected chi connectivity index (χ4v) is 2.56. The van der Waals surface area contributed by atoms with Crippen LogP contribution in [0.2, 0.25) is 5.22 Å². The molecule has 2 rings (SSSR count). The maximum atomic E-state index is 11.7. The lowest BCUT2D eigenvalue weighted by Crippen LogP contribution is -2.37. The first-order valence-corrected chi connectivity index (χ1v) is 6.65. The SMILES string of the molecule is O=C(NC1CCC(Br)CC1)c1ccc(Cl)o1. The van der Waals surface area contributed by atoms with Gasteiger partial charge in [0.1, 0.15) is 0 Å². The van der Waals surface area contributed by atoms with E-state index in [0.717, 1.165) is 25.7 Å². The van der Waals surface area contributed by atoms with Crippen molar-refractivity contribution in [1.29, 1.82) is 0 Å². The van der Waals surface area contributed by atoms with Crippen LogP contribution >= 0.6 is 27.5 Å². The third kappa shape index (κ3) is 3.01. The van der Waals surface area contributed by atoms with Gasteiger partial charge in [-0.3, -0.25) is 4.79 Å². The van der Waals surface area contributed by atoms with E-state index in [4.69, 9.17) is 16.0 Å². The number of furan rings is 1. The molecule has 5 heteroatoms. The highest BCUT2D eigenvalue weighted by Crippen LogP contribution is 2.24. The third-order valence-electron chi connectivity index (χ3n) is 2.79. The quantitative estimate of drug-likeness (QED) is 0.851. The third-order valence-corrected chi connectivity index (χ3v) is 3.91. The molecule has 0 bridgehead atoms. The minimum atomic E-state index is -0.176. The zero-order valence-electron chi connectivity index (χ0n) is 8.71. The Morgan fingerprint density at radius 1 is 1.38 bits per heavy atom. The number of hydrogen-bond donors (Lipinski definition) is 1. The summed E-state index contributed by atoms with van der Waals surface area (Å²) in [6.45, 7) is 0. The standard InChI is InChI=1S/C11H13BrClNO2/c12-7-1-3-8(4-2-7)14-11(15)9-5-6-10(13)16-9/h5-8H,1-4H2,(H,14,15). The summed E-state index contributed by atoms with van der Waals surface area (Å²) in [4.78, 5) is 12.3. The van der Waals surface area contributed by atoms with Gasteiger partial charge in [0.25, 0.3) is 5.91 Å². The van der Waals surface area contributed by atoms with Crippen molar-refractivity contribution in [2.24, 2.45) is 0 Å². The van der Waals surface area contributed by atoms with Crippen LogP contribution in [0, 0.1) is 0 Å². The Morgan fingerprint density at radius 3 is 2.62 bits per heavy atom. The molecule has 0 spiro atoms. The van der Waals surface area contributed by atoms with Crippen LogP contribution in [0.5, 0.6) is 0 Å². The van der Waals surface area contributed by atoms with E-state index in [9.17, 15) is 4.79 Å². The molecule has 0 radical (unpaired) electrons. The van der Waals surface area contributed by atoms with E-state index < -0.39 is 0 Å². The maximum absolute atomic E-state index is 11.7. The second-order valence-corrected chi connectivity index (χ2v) is 5.69. The molecule has 1 saturated carbocycles. The molecule has 3 nitrogen and oxygen atoms in total. The average molecular weight is 307 g/mol. The second-order valence-electron chi connectivity index (χ2n) is 4.03. The van der Waals surface area contributed by atoms with E-state index in [1.54, 1.807) is 12.1 Å². The lowest BCUT2D eigenvalue weighted by Gasteiger charge is -2.25. The Labute approximate surface area is 108 Å². The molecule has 1 aromatic heterocycles. The van der Waals surface area contributed by atoms with Crippen LogP contribution in [0.1, 0.15) is 36.2 Å². The largest absolute Gasteiger partial charge is 0.440 e. The van der Waals surface area contributed by atoms with Crippen LogP contribution < -0.4 is 5.32 Å². The Balaban J connectivity index is 1.88. The van der Waals surface area contributed by atoms with Gasteiger partial charge in [0.2, 0.25) is 0 Å². The van der Waals surface area contributed by atoms with Crippen molar-refractivity contribution in [3.8, 4) is 0 Å². The van der Waals surface area contributed by atoms with Gasteiger partial charge in [0.15, 0.2) is 11.0 Å². The lowest BCUT2D eigenvalue weighted by molar-refractivity contribution is 0.0900. The van der Waals surface area contributed by atoms with Crippen molar-refractivity contribution < 1.29 is 9.21 Å². The van der Waals surface area contributed by atoms with E-state index in [0.29, 0.717) is 4.83 Å². The van der Waals surface area contributed by atoms with Crippen LogP contribution in [0.3, 0.4) is 0 Å². The smallest absolute Gasteiger partial charge is 0.287 e. The van der Waals surface area contributed by atoms with Crippen molar-refractivity contribution in [3.63, 3.8) is 0 Å². The van der Waals surface area contributed by atoms with E-state index in [-0.39, 0.29) is 22.9 Å². The topological polar surface area (TPSA) is 42.2 Å². The highest BCUT2D eigenvalue weighted by atomic mass is 79.9. The Hall–Kier alpha value is -0.480. The molecular formula is C11H13BrClNO2. The average Bonchev–Trinajstić information content (AvgIpc) is 2.68. The van der Waals surface area contributed by atoms with E-state index >= 15 is 0 Å². The van der Waals surface area contributed by atoms with Crippen molar-refractivity contribution >= 4 is 33.4 Å². The molecule has 0 aromatic carbocycles. The molecule has 1 N–H and O–H groups in total. The summed E-state index contributed by atoms with van der Waals surface area (Å²) in [6.07, 6.45) is 4.22. The Morgan fingerprint density at radius 2 is 2.06 bits per heavy atom. The molecule has 88 valence electrons. The second kappa shape index (κ2) is 5.23. The molecule has 0 unspecified atom stereocenters. The highest BCUT2D eigenvalue weighted by Gasteiger charge is 2.22. The first-order valence-electron chi connectivity index (χ1n) is 5.35. The van der Waals surface area contributed by atoms with Gasteiger partial charge in [0.05, 0.1) is 0 Å². The van der Waals surface area contributed by atoms with Crippen molar-refractivity contribution in [3.05, 3.63) is 23.1 Å².